The number of amides is 1. The zero-order valence-electron chi connectivity index (χ0n) is 14.4. The lowest BCUT2D eigenvalue weighted by Crippen LogP contribution is -2.42. The smallest absolute Gasteiger partial charge is 0.410 e. The van der Waals surface area contributed by atoms with Crippen molar-refractivity contribution in [2.75, 3.05) is 20.2 Å². The maximum Gasteiger partial charge on any atom is 0.410 e. The highest BCUT2D eigenvalue weighted by atomic mass is 16.6. The highest BCUT2D eigenvalue weighted by molar-refractivity contribution is 5.76. The van der Waals surface area contributed by atoms with E-state index in [1.54, 1.807) is 4.90 Å². The molecule has 0 aromatic heterocycles. The molecule has 24 heavy (non-hydrogen) atoms. The highest BCUT2D eigenvalue weighted by Crippen LogP contribution is 2.22. The molecule has 0 radical (unpaired) electrons. The highest BCUT2D eigenvalue weighted by Gasteiger charge is 2.29. The second-order valence-electron chi connectivity index (χ2n) is 6.08. The molecule has 0 aliphatic carbocycles. The second kappa shape index (κ2) is 8.68. The summed E-state index contributed by atoms with van der Waals surface area (Å²) >= 11 is 0. The van der Waals surface area contributed by atoms with E-state index in [-0.39, 0.29) is 18.3 Å². The third kappa shape index (κ3) is 4.96. The van der Waals surface area contributed by atoms with E-state index >= 15 is 0 Å². The Morgan fingerprint density at radius 1 is 1.12 bits per heavy atom. The van der Waals surface area contributed by atoms with Gasteiger partial charge in [-0.05, 0) is 19.4 Å². The van der Waals surface area contributed by atoms with E-state index in [1.165, 1.54) is 7.11 Å². The number of methoxy groups -OCH3 is 1. The molecule has 1 aliphatic heterocycles. The summed E-state index contributed by atoms with van der Waals surface area (Å²) in [5.74, 6) is -0.396. The quantitative estimate of drug-likeness (QED) is 0.774. The molecule has 0 bridgehead atoms. The maximum atomic E-state index is 12.4. The largest absolute Gasteiger partial charge is 0.460 e. The fraction of sp³-hybridized carbons (Fsp3) is 0.556. The van der Waals surface area contributed by atoms with E-state index < -0.39 is 12.1 Å². The van der Waals surface area contributed by atoms with Crippen LogP contribution in [0.4, 0.5) is 4.79 Å². The van der Waals surface area contributed by atoms with Crippen LogP contribution in [0, 0.1) is 0 Å². The van der Waals surface area contributed by atoms with Gasteiger partial charge >= 0.3 is 12.1 Å². The molecular formula is C18H25NO5. The Labute approximate surface area is 142 Å². The summed E-state index contributed by atoms with van der Waals surface area (Å²) in [6.07, 6.45) is -0.179. The molecule has 1 aromatic rings. The van der Waals surface area contributed by atoms with Crippen LogP contribution in [0.15, 0.2) is 30.3 Å². The van der Waals surface area contributed by atoms with Crippen molar-refractivity contribution in [3.05, 3.63) is 35.9 Å². The number of nitrogens with zero attached hydrogens (tertiary/aromatic N) is 1. The molecule has 1 saturated heterocycles. The monoisotopic (exact) mass is 335 g/mol. The number of carbonyl (C=O) groups excluding carboxylic acids is 2. The van der Waals surface area contributed by atoms with Gasteiger partial charge in [0.25, 0.3) is 0 Å². The van der Waals surface area contributed by atoms with Gasteiger partial charge in [0.2, 0.25) is 0 Å². The predicted molar refractivity (Wildman–Crippen MR) is 88.5 cm³/mol. The molecule has 1 heterocycles. The normalized spacial score (nSPS) is 16.8. The number of likely N-dealkylation sites (tertiary alicyclic amines) is 1. The fourth-order valence-electron chi connectivity index (χ4n) is 2.65. The second-order valence-corrected chi connectivity index (χ2v) is 6.08. The first-order valence-corrected chi connectivity index (χ1v) is 8.25. The Kier molecular flexibility index (Phi) is 6.61. The van der Waals surface area contributed by atoms with Crippen molar-refractivity contribution in [3.8, 4) is 0 Å². The molecule has 132 valence electrons. The van der Waals surface area contributed by atoms with E-state index in [0.717, 1.165) is 5.56 Å². The molecule has 1 unspecified atom stereocenters. The molecule has 0 N–H and O–H groups in total. The first-order valence-electron chi connectivity index (χ1n) is 8.25. The third-order valence-electron chi connectivity index (χ3n) is 3.87. The molecule has 0 saturated carbocycles. The van der Waals surface area contributed by atoms with Gasteiger partial charge in [-0.1, -0.05) is 30.3 Å². The van der Waals surface area contributed by atoms with Crippen LogP contribution in [-0.2, 0) is 19.0 Å². The van der Waals surface area contributed by atoms with Crippen molar-refractivity contribution < 1.29 is 23.8 Å². The average Bonchev–Trinajstić information content (AvgIpc) is 2.56. The number of benzene rings is 1. The molecule has 1 fully saturated rings. The van der Waals surface area contributed by atoms with Crippen LogP contribution in [0.2, 0.25) is 0 Å². The molecule has 1 aliphatic rings. The molecule has 1 atom stereocenters. The minimum absolute atomic E-state index is 0.138. The molecule has 1 aromatic carbocycles. The lowest BCUT2D eigenvalue weighted by atomic mass is 10.1. The summed E-state index contributed by atoms with van der Waals surface area (Å²) in [5.41, 5.74) is 0.767. The van der Waals surface area contributed by atoms with E-state index in [0.29, 0.717) is 25.9 Å². The predicted octanol–water partition coefficient (Wildman–Crippen LogP) is 2.93. The SMILES string of the molecule is COC(C(=O)OC1CCN(C(=O)OC(C)C)CC1)c1ccccc1. The minimum atomic E-state index is -0.727. The molecule has 0 spiro atoms. The fourth-order valence-corrected chi connectivity index (χ4v) is 2.65. The number of ether oxygens (including phenoxy) is 3. The van der Waals surface area contributed by atoms with Crippen LogP contribution < -0.4 is 0 Å². The van der Waals surface area contributed by atoms with E-state index in [2.05, 4.69) is 0 Å². The van der Waals surface area contributed by atoms with Crippen molar-refractivity contribution in [3.63, 3.8) is 0 Å². The van der Waals surface area contributed by atoms with Gasteiger partial charge in [0.15, 0.2) is 6.10 Å². The maximum absolute atomic E-state index is 12.4. The van der Waals surface area contributed by atoms with Crippen molar-refractivity contribution in [2.45, 2.75) is 45.0 Å². The van der Waals surface area contributed by atoms with Gasteiger partial charge in [-0.25, -0.2) is 9.59 Å². The topological polar surface area (TPSA) is 65.1 Å². The van der Waals surface area contributed by atoms with Gasteiger partial charge < -0.3 is 19.1 Å². The number of hydrogen-bond acceptors (Lipinski definition) is 5. The molecule has 2 rings (SSSR count). The van der Waals surface area contributed by atoms with Gasteiger partial charge in [0, 0.05) is 33.0 Å². The summed E-state index contributed by atoms with van der Waals surface area (Å²) in [7, 11) is 1.49. The Hall–Kier alpha value is -2.08. The van der Waals surface area contributed by atoms with E-state index in [4.69, 9.17) is 14.2 Å². The van der Waals surface area contributed by atoms with Crippen molar-refractivity contribution >= 4 is 12.1 Å². The van der Waals surface area contributed by atoms with Crippen LogP contribution in [0.3, 0.4) is 0 Å². The van der Waals surface area contributed by atoms with Crippen molar-refractivity contribution in [1.29, 1.82) is 0 Å². The summed E-state index contributed by atoms with van der Waals surface area (Å²) in [6, 6.07) is 9.26. The van der Waals surface area contributed by atoms with E-state index in [1.807, 2.05) is 44.2 Å². The van der Waals surface area contributed by atoms with E-state index in [9.17, 15) is 9.59 Å². The Bertz CT molecular complexity index is 538. The van der Waals surface area contributed by atoms with Gasteiger partial charge in [-0.2, -0.15) is 0 Å². The summed E-state index contributed by atoms with van der Waals surface area (Å²) in [6.45, 7) is 4.68. The van der Waals surface area contributed by atoms with Crippen LogP contribution >= 0.6 is 0 Å². The number of hydrogen-bond donors (Lipinski definition) is 0. The summed E-state index contributed by atoms with van der Waals surface area (Å²) in [4.78, 5) is 25.9. The summed E-state index contributed by atoms with van der Waals surface area (Å²) < 4.78 is 16.0. The van der Waals surface area contributed by atoms with Crippen LogP contribution in [-0.4, -0.2) is 49.4 Å². The molecule has 1 amide bonds. The van der Waals surface area contributed by atoms with Crippen LogP contribution in [0.5, 0.6) is 0 Å². The van der Waals surface area contributed by atoms with Gasteiger partial charge in [-0.15, -0.1) is 0 Å². The average molecular weight is 335 g/mol. The number of carbonyl (C=O) groups is 2. The number of rotatable bonds is 5. The standard InChI is InChI=1S/C18H25NO5/c1-13(2)23-18(21)19-11-9-15(10-12-19)24-17(20)16(22-3)14-7-5-4-6-8-14/h4-8,13,15-16H,9-12H2,1-3H3. The summed E-state index contributed by atoms with van der Waals surface area (Å²) in [5, 5.41) is 0. The number of piperidine rings is 1. The third-order valence-corrected chi connectivity index (χ3v) is 3.87. The first-order chi connectivity index (χ1) is 11.5. The van der Waals surface area contributed by atoms with Crippen LogP contribution in [0.1, 0.15) is 38.4 Å². The van der Waals surface area contributed by atoms with Crippen molar-refractivity contribution in [1.82, 2.24) is 4.90 Å². The van der Waals surface area contributed by atoms with Gasteiger partial charge in [0.05, 0.1) is 6.10 Å². The van der Waals surface area contributed by atoms with Gasteiger partial charge in [-0.3, -0.25) is 0 Å². The number of esters is 1. The minimum Gasteiger partial charge on any atom is -0.460 e. The molecular weight excluding hydrogens is 310 g/mol. The van der Waals surface area contributed by atoms with Crippen molar-refractivity contribution in [2.24, 2.45) is 0 Å². The zero-order valence-corrected chi connectivity index (χ0v) is 14.4. The van der Waals surface area contributed by atoms with Crippen LogP contribution in [0.25, 0.3) is 0 Å². The molecule has 6 nitrogen and oxygen atoms in total. The Morgan fingerprint density at radius 2 is 1.75 bits per heavy atom. The first kappa shape index (κ1) is 18.3. The lowest BCUT2D eigenvalue weighted by Gasteiger charge is -2.32. The Morgan fingerprint density at radius 3 is 2.29 bits per heavy atom. The lowest BCUT2D eigenvalue weighted by molar-refractivity contribution is -0.163. The molecule has 6 heteroatoms. The van der Waals surface area contributed by atoms with Gasteiger partial charge in [0.1, 0.15) is 6.10 Å². The zero-order chi connectivity index (χ0) is 17.5. The Balaban J connectivity index is 1.84.